The number of nitrogens with two attached hydrogens (primary N) is 1. The highest BCUT2D eigenvalue weighted by Crippen LogP contribution is 2.35. The number of aliphatic hydroxyl groups excluding tert-OH is 4. The van der Waals surface area contributed by atoms with Gasteiger partial charge in [0.15, 0.2) is 5.60 Å². The van der Waals surface area contributed by atoms with Gasteiger partial charge in [0, 0.05) is 26.4 Å². The first-order valence-electron chi connectivity index (χ1n) is 11.6. The fraction of sp³-hybridized carbons (Fsp3) is 0.857. The van der Waals surface area contributed by atoms with Crippen molar-refractivity contribution >= 4 is 17.8 Å². The van der Waals surface area contributed by atoms with Crippen LogP contribution in [0.25, 0.3) is 0 Å². The van der Waals surface area contributed by atoms with Crippen LogP contribution in [0.5, 0.6) is 0 Å². The number of aliphatic carboxylic acids is 1. The summed E-state index contributed by atoms with van der Waals surface area (Å²) in [7, 11) is 0. The number of carbonyl (C=O) groups excluding carboxylic acids is 2. The van der Waals surface area contributed by atoms with Gasteiger partial charge in [-0.05, 0) is 0 Å². The summed E-state index contributed by atoms with van der Waals surface area (Å²) in [6.45, 7) is 2.68. The molecule has 6 atom stereocenters. The minimum absolute atomic E-state index is 0.0560. The zero-order valence-electron chi connectivity index (χ0n) is 20.3. The van der Waals surface area contributed by atoms with Crippen LogP contribution in [0, 0.1) is 0 Å². The third kappa shape index (κ3) is 10.6. The quantitative estimate of drug-likeness (QED) is 0.0791. The van der Waals surface area contributed by atoms with Crippen molar-refractivity contribution in [2.75, 3.05) is 59.3 Å². The van der Waals surface area contributed by atoms with E-state index in [4.69, 9.17) is 29.8 Å². The molecule has 1 heterocycles. The Morgan fingerprint density at radius 3 is 2.19 bits per heavy atom. The number of hydrogen-bond donors (Lipinski definition) is 8. The smallest absolute Gasteiger partial charge is 0.336 e. The number of nitrogens with one attached hydrogen (secondary N) is 2. The SMILES string of the molecule is CC(=O)N[C@H]1[C@H]([C@H](O)[C@H](O)CO)O[C@@](CC(=O)NCCOCCOCCOCCN)(C(=O)O)C[C@@H]1O. The van der Waals surface area contributed by atoms with Gasteiger partial charge in [-0.3, -0.25) is 9.59 Å². The number of ether oxygens (including phenoxy) is 4. The zero-order valence-corrected chi connectivity index (χ0v) is 20.3. The molecule has 0 unspecified atom stereocenters. The molecule has 9 N–H and O–H groups in total. The van der Waals surface area contributed by atoms with Gasteiger partial charge in [0.2, 0.25) is 11.8 Å². The number of carboxylic acid groups (broad SMARTS) is 1. The minimum Gasteiger partial charge on any atom is -0.479 e. The Bertz CT molecular complexity index is 685. The molecular formula is C21H39N3O12. The summed E-state index contributed by atoms with van der Waals surface area (Å²) in [4.78, 5) is 36.1. The highest BCUT2D eigenvalue weighted by molar-refractivity contribution is 5.87. The summed E-state index contributed by atoms with van der Waals surface area (Å²) in [5, 5.41) is 54.6. The van der Waals surface area contributed by atoms with E-state index in [0.29, 0.717) is 33.0 Å². The maximum absolute atomic E-state index is 12.5. The molecule has 15 nitrogen and oxygen atoms in total. The molecule has 0 aromatic heterocycles. The van der Waals surface area contributed by atoms with Crippen LogP contribution in [0.3, 0.4) is 0 Å². The average molecular weight is 526 g/mol. The van der Waals surface area contributed by atoms with E-state index in [1.165, 1.54) is 0 Å². The van der Waals surface area contributed by atoms with Crippen LogP contribution >= 0.6 is 0 Å². The van der Waals surface area contributed by atoms with Crippen molar-refractivity contribution in [2.24, 2.45) is 5.73 Å². The fourth-order valence-electron chi connectivity index (χ4n) is 3.62. The Balaban J connectivity index is 2.62. The van der Waals surface area contributed by atoms with Crippen LogP contribution in [0.15, 0.2) is 0 Å². The van der Waals surface area contributed by atoms with Crippen molar-refractivity contribution < 1.29 is 58.9 Å². The molecular weight excluding hydrogens is 486 g/mol. The Hall–Kier alpha value is -1.95. The second-order valence-corrected chi connectivity index (χ2v) is 8.27. The largest absolute Gasteiger partial charge is 0.479 e. The molecule has 0 aliphatic carbocycles. The highest BCUT2D eigenvalue weighted by atomic mass is 16.6. The molecule has 2 amide bonds. The van der Waals surface area contributed by atoms with Gasteiger partial charge in [-0.1, -0.05) is 0 Å². The van der Waals surface area contributed by atoms with Gasteiger partial charge in [0.1, 0.15) is 18.3 Å². The fourth-order valence-corrected chi connectivity index (χ4v) is 3.62. The summed E-state index contributed by atoms with van der Waals surface area (Å²) >= 11 is 0. The summed E-state index contributed by atoms with van der Waals surface area (Å²) in [5.41, 5.74) is 3.03. The molecule has 0 aromatic carbocycles. The Labute approximate surface area is 208 Å². The minimum atomic E-state index is -2.26. The topological polar surface area (TPSA) is 239 Å². The second kappa shape index (κ2) is 16.7. The zero-order chi connectivity index (χ0) is 27.1. The predicted octanol–water partition coefficient (Wildman–Crippen LogP) is -4.31. The Morgan fingerprint density at radius 1 is 1.08 bits per heavy atom. The van der Waals surface area contributed by atoms with E-state index in [9.17, 15) is 34.8 Å². The van der Waals surface area contributed by atoms with Crippen LogP contribution < -0.4 is 16.4 Å². The van der Waals surface area contributed by atoms with Gasteiger partial charge in [0.25, 0.3) is 0 Å². The summed E-state index contributed by atoms with van der Waals surface area (Å²) in [5.74, 6) is -2.92. The van der Waals surface area contributed by atoms with Crippen LogP contribution in [-0.4, -0.2) is 139 Å². The standard InChI is InChI=1S/C21H39N3O12/c1-13(26)24-17-14(27)10-21(20(31)32,36-19(17)18(30)15(28)12-25)11-16(29)23-3-5-34-7-9-35-8-6-33-4-2-22/h14-15,17-19,25,27-28,30H,2-12,22H2,1H3,(H,23,29)(H,24,26)(H,31,32)/t14-,15+,17+,18+,19+,21-/m0/s1. The van der Waals surface area contributed by atoms with E-state index in [1.807, 2.05) is 0 Å². The molecule has 1 aliphatic rings. The molecule has 0 aromatic rings. The lowest BCUT2D eigenvalue weighted by Crippen LogP contribution is -2.67. The highest BCUT2D eigenvalue weighted by Gasteiger charge is 2.55. The van der Waals surface area contributed by atoms with E-state index in [-0.39, 0.29) is 19.8 Å². The van der Waals surface area contributed by atoms with E-state index in [2.05, 4.69) is 10.6 Å². The molecule has 0 saturated carbocycles. The number of carboxylic acids is 1. The summed E-state index contributed by atoms with van der Waals surface area (Å²) in [6, 6.07) is -1.29. The second-order valence-electron chi connectivity index (χ2n) is 8.27. The van der Waals surface area contributed by atoms with Crippen LogP contribution in [0.2, 0.25) is 0 Å². The van der Waals surface area contributed by atoms with Crippen molar-refractivity contribution in [3.8, 4) is 0 Å². The first-order valence-corrected chi connectivity index (χ1v) is 11.6. The van der Waals surface area contributed by atoms with Crippen LogP contribution in [-0.2, 0) is 33.3 Å². The summed E-state index contributed by atoms with van der Waals surface area (Å²) in [6.07, 6.45) is -8.10. The first-order chi connectivity index (χ1) is 17.1. The maximum atomic E-state index is 12.5. The van der Waals surface area contributed by atoms with Gasteiger partial charge in [0.05, 0.1) is 64.8 Å². The number of rotatable bonds is 18. The molecule has 15 heteroatoms. The van der Waals surface area contributed by atoms with E-state index in [0.717, 1.165) is 6.92 Å². The molecule has 0 bridgehead atoms. The third-order valence-electron chi connectivity index (χ3n) is 5.37. The van der Waals surface area contributed by atoms with Crippen molar-refractivity contribution in [3.05, 3.63) is 0 Å². The van der Waals surface area contributed by atoms with Gasteiger partial charge in [-0.25, -0.2) is 4.79 Å². The van der Waals surface area contributed by atoms with Gasteiger partial charge >= 0.3 is 5.97 Å². The molecule has 210 valence electrons. The maximum Gasteiger partial charge on any atom is 0.336 e. The Morgan fingerprint density at radius 2 is 1.67 bits per heavy atom. The van der Waals surface area contributed by atoms with E-state index < -0.39 is 73.3 Å². The van der Waals surface area contributed by atoms with Gasteiger partial charge in [-0.2, -0.15) is 0 Å². The predicted molar refractivity (Wildman–Crippen MR) is 122 cm³/mol. The molecule has 1 saturated heterocycles. The van der Waals surface area contributed by atoms with Crippen molar-refractivity contribution in [1.29, 1.82) is 0 Å². The Kier molecular flexibility index (Phi) is 14.9. The van der Waals surface area contributed by atoms with E-state index >= 15 is 0 Å². The number of hydrogen-bond acceptors (Lipinski definition) is 12. The van der Waals surface area contributed by atoms with Gasteiger partial charge in [-0.15, -0.1) is 0 Å². The third-order valence-corrected chi connectivity index (χ3v) is 5.37. The number of aliphatic hydroxyl groups is 4. The van der Waals surface area contributed by atoms with Crippen LogP contribution in [0.4, 0.5) is 0 Å². The lowest BCUT2D eigenvalue weighted by molar-refractivity contribution is -0.230. The lowest BCUT2D eigenvalue weighted by Gasteiger charge is -2.46. The van der Waals surface area contributed by atoms with Crippen molar-refractivity contribution in [1.82, 2.24) is 10.6 Å². The van der Waals surface area contributed by atoms with Crippen molar-refractivity contribution in [3.63, 3.8) is 0 Å². The lowest BCUT2D eigenvalue weighted by atomic mass is 9.81. The average Bonchev–Trinajstić information content (AvgIpc) is 2.82. The molecule has 1 fully saturated rings. The molecule has 36 heavy (non-hydrogen) atoms. The molecule has 0 spiro atoms. The monoisotopic (exact) mass is 525 g/mol. The normalized spacial score (nSPS) is 25.7. The molecule has 1 aliphatic heterocycles. The van der Waals surface area contributed by atoms with Gasteiger partial charge < -0.3 is 60.8 Å². The van der Waals surface area contributed by atoms with E-state index in [1.54, 1.807) is 0 Å². The molecule has 0 radical (unpaired) electrons. The number of carbonyl (C=O) groups is 3. The first kappa shape index (κ1) is 32.1. The van der Waals surface area contributed by atoms with Crippen molar-refractivity contribution in [2.45, 2.75) is 55.8 Å². The number of amides is 2. The van der Waals surface area contributed by atoms with Crippen LogP contribution in [0.1, 0.15) is 19.8 Å². The summed E-state index contributed by atoms with van der Waals surface area (Å²) < 4.78 is 21.3. The molecule has 1 rings (SSSR count).